The SMILES string of the molecule is C[C@@H]1CN(S(=O)(=O)NC[C@@H]2CCOC2)C[C@H](C)O1. The highest BCUT2D eigenvalue weighted by Gasteiger charge is 2.31. The van der Waals surface area contributed by atoms with Crippen LogP contribution in [0.25, 0.3) is 0 Å². The van der Waals surface area contributed by atoms with Crippen molar-refractivity contribution in [3.8, 4) is 0 Å². The van der Waals surface area contributed by atoms with Crippen molar-refractivity contribution in [1.82, 2.24) is 9.03 Å². The van der Waals surface area contributed by atoms with Crippen LogP contribution in [0.2, 0.25) is 0 Å². The Kier molecular flexibility index (Phi) is 4.60. The summed E-state index contributed by atoms with van der Waals surface area (Å²) in [6, 6.07) is 0. The molecule has 106 valence electrons. The van der Waals surface area contributed by atoms with Crippen LogP contribution >= 0.6 is 0 Å². The van der Waals surface area contributed by atoms with Crippen LogP contribution in [-0.2, 0) is 19.7 Å². The molecule has 0 aromatic rings. The van der Waals surface area contributed by atoms with Crippen molar-refractivity contribution in [3.05, 3.63) is 0 Å². The van der Waals surface area contributed by atoms with Gasteiger partial charge in [-0.25, -0.2) is 4.72 Å². The highest BCUT2D eigenvalue weighted by Crippen LogP contribution is 2.15. The average molecular weight is 278 g/mol. The van der Waals surface area contributed by atoms with E-state index in [0.717, 1.165) is 13.0 Å². The third kappa shape index (κ3) is 3.64. The van der Waals surface area contributed by atoms with Gasteiger partial charge in [0.05, 0.1) is 18.8 Å². The number of hydrogen-bond donors (Lipinski definition) is 1. The smallest absolute Gasteiger partial charge is 0.279 e. The molecule has 0 saturated carbocycles. The number of nitrogens with zero attached hydrogens (tertiary/aromatic N) is 1. The lowest BCUT2D eigenvalue weighted by Crippen LogP contribution is -2.52. The van der Waals surface area contributed by atoms with E-state index in [2.05, 4.69) is 4.72 Å². The van der Waals surface area contributed by atoms with Crippen LogP contribution in [0.4, 0.5) is 0 Å². The van der Waals surface area contributed by atoms with Gasteiger partial charge in [0.1, 0.15) is 0 Å². The lowest BCUT2D eigenvalue weighted by molar-refractivity contribution is -0.0444. The molecule has 18 heavy (non-hydrogen) atoms. The van der Waals surface area contributed by atoms with Gasteiger partial charge in [0, 0.05) is 26.2 Å². The van der Waals surface area contributed by atoms with Gasteiger partial charge in [-0.2, -0.15) is 12.7 Å². The molecule has 0 aliphatic carbocycles. The van der Waals surface area contributed by atoms with Crippen molar-refractivity contribution in [2.75, 3.05) is 32.8 Å². The lowest BCUT2D eigenvalue weighted by atomic mass is 10.1. The molecule has 2 saturated heterocycles. The summed E-state index contributed by atoms with van der Waals surface area (Å²) >= 11 is 0. The molecule has 2 fully saturated rings. The second-order valence-corrected chi connectivity index (χ2v) is 6.91. The largest absolute Gasteiger partial charge is 0.381 e. The monoisotopic (exact) mass is 278 g/mol. The van der Waals surface area contributed by atoms with E-state index in [-0.39, 0.29) is 12.2 Å². The van der Waals surface area contributed by atoms with E-state index in [1.165, 1.54) is 4.31 Å². The molecule has 7 heteroatoms. The van der Waals surface area contributed by atoms with Crippen LogP contribution in [0.5, 0.6) is 0 Å². The van der Waals surface area contributed by atoms with E-state index in [1.807, 2.05) is 13.8 Å². The summed E-state index contributed by atoms with van der Waals surface area (Å²) in [4.78, 5) is 0. The van der Waals surface area contributed by atoms with E-state index in [4.69, 9.17) is 9.47 Å². The Morgan fingerprint density at radius 2 is 1.94 bits per heavy atom. The van der Waals surface area contributed by atoms with Gasteiger partial charge >= 0.3 is 0 Å². The molecule has 0 aromatic carbocycles. The number of morpholine rings is 1. The molecule has 0 aromatic heterocycles. The number of hydrogen-bond acceptors (Lipinski definition) is 4. The Morgan fingerprint density at radius 1 is 1.28 bits per heavy atom. The van der Waals surface area contributed by atoms with Crippen LogP contribution in [0, 0.1) is 5.92 Å². The zero-order valence-electron chi connectivity index (χ0n) is 11.0. The Morgan fingerprint density at radius 3 is 2.50 bits per heavy atom. The zero-order chi connectivity index (χ0) is 13.2. The highest BCUT2D eigenvalue weighted by molar-refractivity contribution is 7.87. The molecule has 1 N–H and O–H groups in total. The fraction of sp³-hybridized carbons (Fsp3) is 1.00. The molecule has 2 aliphatic heterocycles. The normalized spacial score (nSPS) is 34.9. The lowest BCUT2D eigenvalue weighted by Gasteiger charge is -2.34. The highest BCUT2D eigenvalue weighted by atomic mass is 32.2. The molecule has 2 rings (SSSR count). The van der Waals surface area contributed by atoms with Crippen molar-refractivity contribution in [2.24, 2.45) is 5.92 Å². The number of ether oxygens (including phenoxy) is 2. The van der Waals surface area contributed by atoms with Crippen molar-refractivity contribution >= 4 is 10.2 Å². The molecule has 0 radical (unpaired) electrons. The molecular formula is C11H22N2O4S. The molecule has 6 nitrogen and oxygen atoms in total. The van der Waals surface area contributed by atoms with Crippen LogP contribution in [-0.4, -0.2) is 57.8 Å². The molecule has 2 heterocycles. The van der Waals surface area contributed by atoms with Crippen LogP contribution in [0.1, 0.15) is 20.3 Å². The summed E-state index contributed by atoms with van der Waals surface area (Å²) in [5, 5.41) is 0. The van der Waals surface area contributed by atoms with Crippen LogP contribution in [0.3, 0.4) is 0 Å². The minimum Gasteiger partial charge on any atom is -0.381 e. The summed E-state index contributed by atoms with van der Waals surface area (Å²) in [7, 11) is -3.39. The Balaban J connectivity index is 1.88. The third-order valence-corrected chi connectivity index (χ3v) is 4.81. The predicted octanol–water partition coefficient (Wildman–Crippen LogP) is -0.0335. The van der Waals surface area contributed by atoms with Gasteiger partial charge < -0.3 is 9.47 Å². The summed E-state index contributed by atoms with van der Waals surface area (Å²) < 4.78 is 39.2. The Bertz CT molecular complexity index is 357. The molecule has 0 unspecified atom stereocenters. The first-order valence-electron chi connectivity index (χ1n) is 6.45. The second kappa shape index (κ2) is 5.83. The van der Waals surface area contributed by atoms with E-state index in [0.29, 0.717) is 32.2 Å². The van der Waals surface area contributed by atoms with Crippen LogP contribution < -0.4 is 4.72 Å². The summed E-state index contributed by atoms with van der Waals surface area (Å²) in [5.41, 5.74) is 0. The van der Waals surface area contributed by atoms with E-state index >= 15 is 0 Å². The van der Waals surface area contributed by atoms with Gasteiger partial charge in [0.2, 0.25) is 0 Å². The van der Waals surface area contributed by atoms with E-state index < -0.39 is 10.2 Å². The first-order chi connectivity index (χ1) is 8.47. The van der Waals surface area contributed by atoms with Crippen molar-refractivity contribution < 1.29 is 17.9 Å². The van der Waals surface area contributed by atoms with Gasteiger partial charge in [-0.3, -0.25) is 0 Å². The Labute approximate surface area is 109 Å². The molecule has 3 atom stereocenters. The van der Waals surface area contributed by atoms with Crippen molar-refractivity contribution in [1.29, 1.82) is 0 Å². The minimum absolute atomic E-state index is 0.0554. The van der Waals surface area contributed by atoms with E-state index in [1.54, 1.807) is 0 Å². The van der Waals surface area contributed by atoms with Crippen molar-refractivity contribution in [2.45, 2.75) is 32.5 Å². The van der Waals surface area contributed by atoms with Crippen molar-refractivity contribution in [3.63, 3.8) is 0 Å². The topological polar surface area (TPSA) is 67.9 Å². The fourth-order valence-electron chi connectivity index (χ4n) is 2.39. The van der Waals surface area contributed by atoms with Gasteiger partial charge in [-0.1, -0.05) is 0 Å². The fourth-order valence-corrected chi connectivity index (χ4v) is 3.83. The maximum absolute atomic E-state index is 12.2. The summed E-state index contributed by atoms with van der Waals surface area (Å²) in [6.07, 6.45) is 0.818. The maximum Gasteiger partial charge on any atom is 0.279 e. The second-order valence-electron chi connectivity index (χ2n) is 5.16. The van der Waals surface area contributed by atoms with Gasteiger partial charge in [0.15, 0.2) is 0 Å². The van der Waals surface area contributed by atoms with Crippen LogP contribution in [0.15, 0.2) is 0 Å². The first-order valence-corrected chi connectivity index (χ1v) is 7.89. The van der Waals surface area contributed by atoms with Gasteiger partial charge in [-0.15, -0.1) is 0 Å². The predicted molar refractivity (Wildman–Crippen MR) is 67.4 cm³/mol. The summed E-state index contributed by atoms with van der Waals surface area (Å²) in [5.74, 6) is 0.302. The van der Waals surface area contributed by atoms with Gasteiger partial charge in [-0.05, 0) is 26.2 Å². The molecule has 0 bridgehead atoms. The first kappa shape index (κ1) is 14.2. The van der Waals surface area contributed by atoms with E-state index in [9.17, 15) is 8.42 Å². The summed E-state index contributed by atoms with van der Waals surface area (Å²) in [6.45, 7) is 6.46. The molecule has 0 amide bonds. The zero-order valence-corrected chi connectivity index (χ0v) is 11.8. The number of rotatable bonds is 4. The average Bonchev–Trinajstić information content (AvgIpc) is 2.78. The number of nitrogens with one attached hydrogen (secondary N) is 1. The quantitative estimate of drug-likeness (QED) is 0.784. The molecule has 0 spiro atoms. The Hall–Kier alpha value is -0.210. The standard InChI is InChI=1S/C11H22N2O4S/c1-9-6-13(7-10(2)17-9)18(14,15)12-5-11-3-4-16-8-11/h9-12H,3-8H2,1-2H3/t9-,10+,11-/m0/s1. The third-order valence-electron chi connectivity index (χ3n) is 3.30. The molecule has 2 aliphatic rings. The van der Waals surface area contributed by atoms with Gasteiger partial charge in [0.25, 0.3) is 10.2 Å². The maximum atomic E-state index is 12.2. The molecular weight excluding hydrogens is 256 g/mol. The minimum atomic E-state index is -3.39.